The third-order valence-corrected chi connectivity index (χ3v) is 5.09. The molecular weight excluding hydrogens is 439 g/mol. The molecule has 28 heavy (non-hydrogen) atoms. The van der Waals surface area contributed by atoms with Crippen molar-refractivity contribution in [1.29, 1.82) is 5.26 Å². The summed E-state index contributed by atoms with van der Waals surface area (Å²) in [6.45, 7) is 1.87. The number of hydrogen-bond acceptors (Lipinski definition) is 4. The number of nitriles is 1. The molecule has 9 heteroatoms. The highest BCUT2D eigenvalue weighted by atomic mass is 79.9. The lowest BCUT2D eigenvalue weighted by molar-refractivity contribution is -0.137. The molecule has 0 amide bonds. The summed E-state index contributed by atoms with van der Waals surface area (Å²) in [5.41, 5.74) is 0.327. The molecule has 5 nitrogen and oxygen atoms in total. The van der Waals surface area contributed by atoms with Crippen molar-refractivity contribution in [1.82, 2.24) is 0 Å². The lowest BCUT2D eigenvalue weighted by Crippen LogP contribution is -2.47. The summed E-state index contributed by atoms with van der Waals surface area (Å²) in [6, 6.07) is 10.0. The summed E-state index contributed by atoms with van der Waals surface area (Å²) in [4.78, 5) is 15.3. The van der Waals surface area contributed by atoms with Crippen molar-refractivity contribution in [3.05, 3.63) is 57.6 Å². The average molecular weight is 454 g/mol. The van der Waals surface area contributed by atoms with Gasteiger partial charge < -0.3 is 14.9 Å². The van der Waals surface area contributed by atoms with Gasteiger partial charge in [0.1, 0.15) is 6.07 Å². The van der Waals surface area contributed by atoms with Crippen LogP contribution in [0.3, 0.4) is 0 Å². The third-order valence-electron chi connectivity index (χ3n) is 4.59. The second-order valence-corrected chi connectivity index (χ2v) is 7.20. The number of anilines is 2. The molecule has 0 aromatic heterocycles. The maximum atomic E-state index is 12.9. The first kappa shape index (κ1) is 20.0. The summed E-state index contributed by atoms with van der Waals surface area (Å²) in [7, 11) is 0. The number of carboxylic acid groups (broad SMARTS) is 1. The van der Waals surface area contributed by atoms with Crippen LogP contribution in [-0.2, 0) is 6.18 Å². The number of rotatable bonds is 3. The van der Waals surface area contributed by atoms with Gasteiger partial charge in [0, 0.05) is 30.7 Å². The zero-order chi connectivity index (χ0) is 20.5. The molecular formula is C19H15BrF3N3O2. The summed E-state index contributed by atoms with van der Waals surface area (Å²) < 4.78 is 39.3. The van der Waals surface area contributed by atoms with E-state index in [4.69, 9.17) is 0 Å². The van der Waals surface area contributed by atoms with E-state index >= 15 is 0 Å². The van der Waals surface area contributed by atoms with Crippen LogP contribution >= 0.6 is 15.9 Å². The summed E-state index contributed by atoms with van der Waals surface area (Å²) in [5, 5.41) is 18.7. The normalized spacial score (nSPS) is 14.7. The van der Waals surface area contributed by atoms with E-state index in [1.807, 2.05) is 15.9 Å². The Morgan fingerprint density at radius 1 is 1.04 bits per heavy atom. The van der Waals surface area contributed by atoms with Crippen LogP contribution in [-0.4, -0.2) is 37.3 Å². The van der Waals surface area contributed by atoms with Gasteiger partial charge in [-0.05, 0) is 36.4 Å². The Kier molecular flexibility index (Phi) is 5.52. The number of hydrogen-bond donors (Lipinski definition) is 1. The van der Waals surface area contributed by atoms with E-state index in [1.165, 1.54) is 12.1 Å². The molecule has 2 aromatic rings. The zero-order valence-electron chi connectivity index (χ0n) is 14.5. The standard InChI is InChI=1S/C19H15BrF3N3O2/c20-14-2-4-17(15(10-14)18(27)28)26-7-5-25(6-8-26)16-3-1-13(19(21,22)23)9-12(16)11-24/h1-4,9-10H,5-8H2,(H,27,28). The van der Waals surface area contributed by atoms with Crippen molar-refractivity contribution in [2.24, 2.45) is 0 Å². The molecule has 0 aliphatic carbocycles. The van der Waals surface area contributed by atoms with Crippen LogP contribution < -0.4 is 9.80 Å². The van der Waals surface area contributed by atoms with Gasteiger partial charge in [0.15, 0.2) is 0 Å². The summed E-state index contributed by atoms with van der Waals surface area (Å²) in [5.74, 6) is -1.03. The molecule has 1 fully saturated rings. The maximum Gasteiger partial charge on any atom is 0.416 e. The Balaban J connectivity index is 1.80. The van der Waals surface area contributed by atoms with Gasteiger partial charge in [0.05, 0.1) is 28.1 Å². The molecule has 1 N–H and O–H groups in total. The molecule has 1 saturated heterocycles. The van der Waals surface area contributed by atoms with E-state index in [0.717, 1.165) is 12.1 Å². The first-order valence-electron chi connectivity index (χ1n) is 8.35. The van der Waals surface area contributed by atoms with E-state index in [0.29, 0.717) is 42.0 Å². The topological polar surface area (TPSA) is 67.6 Å². The van der Waals surface area contributed by atoms with Crippen molar-refractivity contribution < 1.29 is 23.1 Å². The fourth-order valence-electron chi connectivity index (χ4n) is 3.22. The number of nitrogens with zero attached hydrogens (tertiary/aromatic N) is 3. The van der Waals surface area contributed by atoms with E-state index in [1.54, 1.807) is 12.1 Å². The van der Waals surface area contributed by atoms with E-state index in [2.05, 4.69) is 15.9 Å². The molecule has 0 unspecified atom stereocenters. The molecule has 1 heterocycles. The van der Waals surface area contributed by atoms with Crippen LogP contribution in [0.25, 0.3) is 0 Å². The first-order valence-corrected chi connectivity index (χ1v) is 9.14. The number of carbonyl (C=O) groups is 1. The van der Waals surface area contributed by atoms with Gasteiger partial charge in [-0.25, -0.2) is 4.79 Å². The molecule has 0 radical (unpaired) electrons. The Bertz CT molecular complexity index is 948. The second-order valence-electron chi connectivity index (χ2n) is 6.28. The fourth-order valence-corrected chi connectivity index (χ4v) is 3.58. The molecule has 1 aliphatic rings. The van der Waals surface area contributed by atoms with Gasteiger partial charge in [-0.2, -0.15) is 18.4 Å². The maximum absolute atomic E-state index is 12.9. The Hall–Kier alpha value is -2.73. The predicted molar refractivity (Wildman–Crippen MR) is 102 cm³/mol. The number of alkyl halides is 3. The highest BCUT2D eigenvalue weighted by molar-refractivity contribution is 9.10. The van der Waals surface area contributed by atoms with Crippen molar-refractivity contribution in [2.75, 3.05) is 36.0 Å². The van der Waals surface area contributed by atoms with Crippen LogP contribution in [0.1, 0.15) is 21.5 Å². The van der Waals surface area contributed by atoms with Crippen molar-refractivity contribution in [3.8, 4) is 6.07 Å². The summed E-state index contributed by atoms with van der Waals surface area (Å²) in [6.07, 6.45) is -4.50. The monoisotopic (exact) mass is 453 g/mol. The van der Waals surface area contributed by atoms with Crippen molar-refractivity contribution in [2.45, 2.75) is 6.18 Å². The predicted octanol–water partition coefficient (Wildman–Crippen LogP) is 4.36. The Morgan fingerprint density at radius 2 is 1.61 bits per heavy atom. The molecule has 146 valence electrons. The van der Waals surface area contributed by atoms with E-state index < -0.39 is 17.7 Å². The van der Waals surface area contributed by atoms with Gasteiger partial charge in [-0.3, -0.25) is 0 Å². The highest BCUT2D eigenvalue weighted by Crippen LogP contribution is 2.33. The summed E-state index contributed by atoms with van der Waals surface area (Å²) >= 11 is 3.26. The molecule has 0 saturated carbocycles. The van der Waals surface area contributed by atoms with E-state index in [-0.39, 0.29) is 11.1 Å². The van der Waals surface area contributed by atoms with Gasteiger partial charge >= 0.3 is 12.1 Å². The Labute approximate surface area is 167 Å². The van der Waals surface area contributed by atoms with Gasteiger partial charge in [-0.15, -0.1) is 0 Å². The van der Waals surface area contributed by atoms with Crippen LogP contribution in [0.4, 0.5) is 24.5 Å². The first-order chi connectivity index (χ1) is 13.2. The minimum Gasteiger partial charge on any atom is -0.478 e. The molecule has 0 bridgehead atoms. The number of halogens is 4. The minimum absolute atomic E-state index is 0.0295. The number of aromatic carboxylic acids is 1. The Morgan fingerprint density at radius 3 is 2.14 bits per heavy atom. The lowest BCUT2D eigenvalue weighted by Gasteiger charge is -2.38. The second kappa shape index (κ2) is 7.72. The zero-order valence-corrected chi connectivity index (χ0v) is 16.1. The van der Waals surface area contributed by atoms with Crippen LogP contribution in [0, 0.1) is 11.3 Å². The number of piperazine rings is 1. The minimum atomic E-state index is -4.50. The number of benzene rings is 2. The number of carboxylic acids is 1. The van der Waals surface area contributed by atoms with E-state index in [9.17, 15) is 28.3 Å². The smallest absolute Gasteiger partial charge is 0.416 e. The third kappa shape index (κ3) is 4.07. The quantitative estimate of drug-likeness (QED) is 0.747. The largest absolute Gasteiger partial charge is 0.478 e. The SMILES string of the molecule is N#Cc1cc(C(F)(F)F)ccc1N1CCN(c2ccc(Br)cc2C(=O)O)CC1. The lowest BCUT2D eigenvalue weighted by atomic mass is 10.1. The van der Waals surface area contributed by atoms with Crippen LogP contribution in [0.2, 0.25) is 0 Å². The molecule has 0 spiro atoms. The van der Waals surface area contributed by atoms with Crippen molar-refractivity contribution >= 4 is 33.3 Å². The molecule has 1 aliphatic heterocycles. The fraction of sp³-hybridized carbons (Fsp3) is 0.263. The van der Waals surface area contributed by atoms with Gasteiger partial charge in [0.2, 0.25) is 0 Å². The van der Waals surface area contributed by atoms with Crippen LogP contribution in [0.5, 0.6) is 0 Å². The molecule has 3 rings (SSSR count). The van der Waals surface area contributed by atoms with Gasteiger partial charge in [0.25, 0.3) is 0 Å². The van der Waals surface area contributed by atoms with Crippen LogP contribution in [0.15, 0.2) is 40.9 Å². The molecule has 0 atom stereocenters. The molecule has 2 aromatic carbocycles. The average Bonchev–Trinajstić information content (AvgIpc) is 2.67. The van der Waals surface area contributed by atoms with Gasteiger partial charge in [-0.1, -0.05) is 15.9 Å². The highest BCUT2D eigenvalue weighted by Gasteiger charge is 2.32. The van der Waals surface area contributed by atoms with Crippen molar-refractivity contribution in [3.63, 3.8) is 0 Å².